The molecule has 1 saturated carbocycles. The Labute approximate surface area is 167 Å². The van der Waals surface area contributed by atoms with Crippen LogP contribution in [0.3, 0.4) is 0 Å². The zero-order chi connectivity index (χ0) is 20.1. The molecule has 1 heterocycles. The number of rotatable bonds is 5. The maximum Gasteiger partial charge on any atom is 0.255 e. The van der Waals surface area contributed by atoms with Gasteiger partial charge in [0.1, 0.15) is 0 Å². The van der Waals surface area contributed by atoms with E-state index in [-0.39, 0.29) is 40.0 Å². The van der Waals surface area contributed by atoms with Crippen LogP contribution in [0, 0.1) is 5.92 Å². The number of carbonyl (C=O) groups excluding carboxylic acids is 2. The van der Waals surface area contributed by atoms with E-state index in [1.54, 1.807) is 30.0 Å². The summed E-state index contributed by atoms with van der Waals surface area (Å²) in [5.74, 6) is 0.0140. The summed E-state index contributed by atoms with van der Waals surface area (Å²) in [5, 5.41) is 3.16. The summed E-state index contributed by atoms with van der Waals surface area (Å²) in [4.78, 5) is 27.2. The van der Waals surface area contributed by atoms with Gasteiger partial charge in [0.25, 0.3) is 5.91 Å². The van der Waals surface area contributed by atoms with Gasteiger partial charge in [-0.1, -0.05) is 38.3 Å². The number of nitrogens with one attached hydrogen (secondary N) is 1. The van der Waals surface area contributed by atoms with Crippen molar-refractivity contribution in [3.05, 3.63) is 29.8 Å². The number of carbonyl (C=O) groups is 2. The van der Waals surface area contributed by atoms with Gasteiger partial charge >= 0.3 is 0 Å². The summed E-state index contributed by atoms with van der Waals surface area (Å²) in [7, 11) is -3.46. The van der Waals surface area contributed by atoms with Crippen molar-refractivity contribution in [1.29, 1.82) is 0 Å². The second-order valence-electron chi connectivity index (χ2n) is 7.81. The minimum atomic E-state index is -3.46. The molecule has 7 heteroatoms. The normalized spacial score (nSPS) is 19.4. The Morgan fingerprint density at radius 1 is 1.04 bits per heavy atom. The summed E-state index contributed by atoms with van der Waals surface area (Å²) in [6.07, 6.45) is 6.84. The van der Waals surface area contributed by atoms with Crippen molar-refractivity contribution in [2.45, 2.75) is 62.8 Å². The summed E-state index contributed by atoms with van der Waals surface area (Å²) in [6, 6.07) is 6.52. The Balaban J connectivity index is 1.59. The smallest absolute Gasteiger partial charge is 0.255 e. The molecule has 1 saturated heterocycles. The molecule has 1 aliphatic carbocycles. The highest BCUT2D eigenvalue weighted by Crippen LogP contribution is 2.25. The van der Waals surface area contributed by atoms with E-state index < -0.39 is 9.84 Å². The zero-order valence-electron chi connectivity index (χ0n) is 16.5. The van der Waals surface area contributed by atoms with Crippen molar-refractivity contribution in [2.75, 3.05) is 18.8 Å². The molecule has 0 bridgehead atoms. The quantitative estimate of drug-likeness (QED) is 0.815. The van der Waals surface area contributed by atoms with E-state index in [4.69, 9.17) is 0 Å². The maximum absolute atomic E-state index is 12.9. The Morgan fingerprint density at radius 2 is 1.68 bits per heavy atom. The number of nitrogens with zero attached hydrogens (tertiary/aromatic N) is 1. The second-order valence-corrected chi connectivity index (χ2v) is 10.1. The monoisotopic (exact) mass is 406 g/mol. The molecule has 6 nitrogen and oxygen atoms in total. The van der Waals surface area contributed by atoms with Gasteiger partial charge in [-0.25, -0.2) is 8.42 Å². The molecule has 0 atom stereocenters. The van der Waals surface area contributed by atoms with Crippen LogP contribution in [0.15, 0.2) is 29.2 Å². The highest BCUT2D eigenvalue weighted by Gasteiger charge is 2.29. The molecule has 28 heavy (non-hydrogen) atoms. The van der Waals surface area contributed by atoms with Crippen LogP contribution < -0.4 is 5.32 Å². The van der Waals surface area contributed by atoms with Crippen LogP contribution in [0.25, 0.3) is 0 Å². The fourth-order valence-electron chi connectivity index (χ4n) is 4.15. The predicted molar refractivity (Wildman–Crippen MR) is 108 cm³/mol. The number of hydrogen-bond donors (Lipinski definition) is 1. The van der Waals surface area contributed by atoms with Crippen molar-refractivity contribution in [3.63, 3.8) is 0 Å². The first-order valence-corrected chi connectivity index (χ1v) is 12.0. The van der Waals surface area contributed by atoms with Crippen molar-refractivity contribution in [3.8, 4) is 0 Å². The second kappa shape index (κ2) is 9.07. The van der Waals surface area contributed by atoms with Gasteiger partial charge in [0.15, 0.2) is 9.84 Å². The predicted octanol–water partition coefficient (Wildman–Crippen LogP) is 2.78. The number of sulfone groups is 1. The molecule has 2 fully saturated rings. The molecule has 1 aromatic carbocycles. The SMILES string of the molecule is CCS(=O)(=O)c1ccccc1C(=O)N1CCC(NC(=O)C2CCCCC2)CC1. The Morgan fingerprint density at radius 3 is 2.32 bits per heavy atom. The highest BCUT2D eigenvalue weighted by atomic mass is 32.2. The zero-order valence-corrected chi connectivity index (χ0v) is 17.3. The molecule has 2 aliphatic rings. The van der Waals surface area contributed by atoms with E-state index >= 15 is 0 Å². The van der Waals surface area contributed by atoms with Crippen molar-refractivity contribution in [2.24, 2.45) is 5.92 Å². The standard InChI is InChI=1S/C21H30N2O4S/c1-2-28(26,27)19-11-7-6-10-18(19)21(25)23-14-12-17(13-15-23)22-20(24)16-8-4-3-5-9-16/h6-7,10-11,16-17H,2-5,8-9,12-15H2,1H3,(H,22,24). The first-order valence-electron chi connectivity index (χ1n) is 10.3. The van der Waals surface area contributed by atoms with Crippen molar-refractivity contribution >= 4 is 21.7 Å². The molecule has 1 N–H and O–H groups in total. The summed E-state index contributed by atoms with van der Waals surface area (Å²) >= 11 is 0. The van der Waals surface area contributed by atoms with E-state index in [9.17, 15) is 18.0 Å². The largest absolute Gasteiger partial charge is 0.353 e. The lowest BCUT2D eigenvalue weighted by Gasteiger charge is -2.34. The van der Waals surface area contributed by atoms with Gasteiger partial charge in [0.2, 0.25) is 5.91 Å². The Bertz CT molecular complexity index is 807. The van der Waals surface area contributed by atoms with E-state index in [0.717, 1.165) is 25.7 Å². The Kier molecular flexibility index (Phi) is 6.75. The van der Waals surface area contributed by atoms with E-state index in [1.165, 1.54) is 12.5 Å². The van der Waals surface area contributed by atoms with Gasteiger partial charge in [-0.05, 0) is 37.8 Å². The van der Waals surface area contributed by atoms with Crippen LogP contribution in [0.1, 0.15) is 62.2 Å². The lowest BCUT2D eigenvalue weighted by molar-refractivity contribution is -0.126. The van der Waals surface area contributed by atoms with Crippen LogP contribution >= 0.6 is 0 Å². The van der Waals surface area contributed by atoms with Crippen molar-refractivity contribution in [1.82, 2.24) is 10.2 Å². The summed E-state index contributed by atoms with van der Waals surface area (Å²) in [5.41, 5.74) is 0.244. The first-order chi connectivity index (χ1) is 13.4. The van der Waals surface area contributed by atoms with Crippen molar-refractivity contribution < 1.29 is 18.0 Å². The number of piperidine rings is 1. The minimum Gasteiger partial charge on any atom is -0.353 e. The first kappa shape index (κ1) is 20.8. The molecule has 1 aromatic rings. The highest BCUT2D eigenvalue weighted by molar-refractivity contribution is 7.91. The van der Waals surface area contributed by atoms with Gasteiger partial charge in [-0.3, -0.25) is 9.59 Å². The molecule has 2 amide bonds. The maximum atomic E-state index is 12.9. The molecule has 1 aliphatic heterocycles. The third-order valence-electron chi connectivity index (χ3n) is 5.94. The van der Waals surface area contributed by atoms with Crippen LogP contribution in [-0.2, 0) is 14.6 Å². The molecule has 0 spiro atoms. The average molecular weight is 407 g/mol. The van der Waals surface area contributed by atoms with Crippen LogP contribution in [-0.4, -0.2) is 50.0 Å². The van der Waals surface area contributed by atoms with Gasteiger partial charge in [0, 0.05) is 25.0 Å². The van der Waals surface area contributed by atoms with E-state index in [2.05, 4.69) is 5.32 Å². The van der Waals surface area contributed by atoms with Crippen LogP contribution in [0.2, 0.25) is 0 Å². The topological polar surface area (TPSA) is 83.6 Å². The molecular formula is C21H30N2O4S. The van der Waals surface area contributed by atoms with Crippen LogP contribution in [0.5, 0.6) is 0 Å². The van der Waals surface area contributed by atoms with Gasteiger partial charge in [0.05, 0.1) is 16.2 Å². The Hall–Kier alpha value is -1.89. The van der Waals surface area contributed by atoms with E-state index in [1.807, 2.05) is 0 Å². The number of likely N-dealkylation sites (tertiary alicyclic amines) is 1. The fourth-order valence-corrected chi connectivity index (χ4v) is 5.24. The molecule has 0 radical (unpaired) electrons. The summed E-state index contributed by atoms with van der Waals surface area (Å²) in [6.45, 7) is 2.63. The van der Waals surface area contributed by atoms with Crippen LogP contribution in [0.4, 0.5) is 0 Å². The van der Waals surface area contributed by atoms with E-state index in [0.29, 0.717) is 25.9 Å². The lowest BCUT2D eigenvalue weighted by atomic mass is 9.88. The minimum absolute atomic E-state index is 0.0352. The van der Waals surface area contributed by atoms with Gasteiger partial charge < -0.3 is 10.2 Å². The third-order valence-corrected chi connectivity index (χ3v) is 7.72. The number of hydrogen-bond acceptors (Lipinski definition) is 4. The molecular weight excluding hydrogens is 376 g/mol. The van der Waals surface area contributed by atoms with Gasteiger partial charge in [-0.15, -0.1) is 0 Å². The molecule has 3 rings (SSSR count). The third kappa shape index (κ3) is 4.74. The van der Waals surface area contributed by atoms with Gasteiger partial charge in [-0.2, -0.15) is 0 Å². The molecule has 0 unspecified atom stereocenters. The molecule has 0 aromatic heterocycles. The average Bonchev–Trinajstić information content (AvgIpc) is 2.74. The lowest BCUT2D eigenvalue weighted by Crippen LogP contribution is -2.48. The summed E-state index contributed by atoms with van der Waals surface area (Å²) < 4.78 is 24.6. The number of amides is 2. The molecule has 154 valence electrons. The fraction of sp³-hybridized carbons (Fsp3) is 0.619. The number of benzene rings is 1.